The first-order valence-electron chi connectivity index (χ1n) is 5.33. The zero-order valence-electron chi connectivity index (χ0n) is 9.82. The molecule has 0 spiro atoms. The van der Waals surface area contributed by atoms with E-state index in [2.05, 4.69) is 4.98 Å². The Morgan fingerprint density at radius 2 is 1.62 bits per heavy atom. The first-order valence-corrected chi connectivity index (χ1v) is 5.33. The van der Waals surface area contributed by atoms with E-state index in [0.717, 1.165) is 22.4 Å². The van der Waals surface area contributed by atoms with Crippen LogP contribution >= 0.6 is 0 Å². The highest BCUT2D eigenvalue weighted by Gasteiger charge is 2.04. The lowest BCUT2D eigenvalue weighted by Gasteiger charge is -2.10. The van der Waals surface area contributed by atoms with Crippen molar-refractivity contribution in [2.24, 2.45) is 0 Å². The summed E-state index contributed by atoms with van der Waals surface area (Å²) in [5, 5.41) is 0. The van der Waals surface area contributed by atoms with Gasteiger partial charge >= 0.3 is 0 Å². The summed E-state index contributed by atoms with van der Waals surface area (Å²) in [7, 11) is 0. The molecule has 2 heteroatoms. The van der Waals surface area contributed by atoms with Crippen molar-refractivity contribution in [1.29, 1.82) is 0 Å². The zero-order chi connectivity index (χ0) is 11.5. The minimum Gasteiger partial charge on any atom is -0.438 e. The molecule has 82 valence electrons. The van der Waals surface area contributed by atoms with Crippen molar-refractivity contribution in [2.45, 2.75) is 20.8 Å². The highest BCUT2D eigenvalue weighted by Crippen LogP contribution is 2.27. The normalized spacial score (nSPS) is 10.2. The molecule has 2 aromatic rings. The van der Waals surface area contributed by atoms with Crippen LogP contribution in [-0.2, 0) is 0 Å². The molecule has 2 nitrogen and oxygen atoms in total. The molecule has 0 amide bonds. The average molecular weight is 213 g/mol. The number of aromatic nitrogens is 1. The van der Waals surface area contributed by atoms with Crippen molar-refractivity contribution in [3.05, 3.63) is 53.2 Å². The minimum absolute atomic E-state index is 0.642. The average Bonchev–Trinajstić information content (AvgIpc) is 2.26. The molecule has 0 N–H and O–H groups in total. The summed E-state index contributed by atoms with van der Waals surface area (Å²) in [6.45, 7) is 6.09. The van der Waals surface area contributed by atoms with E-state index in [1.807, 2.05) is 57.3 Å². The monoisotopic (exact) mass is 213 g/mol. The fourth-order valence-electron chi connectivity index (χ4n) is 1.58. The van der Waals surface area contributed by atoms with Crippen molar-refractivity contribution >= 4 is 0 Å². The first kappa shape index (κ1) is 10.7. The van der Waals surface area contributed by atoms with E-state index in [1.165, 1.54) is 0 Å². The lowest BCUT2D eigenvalue weighted by molar-refractivity contribution is 0.456. The smallest absolute Gasteiger partial charge is 0.219 e. The molecule has 1 heterocycles. The molecule has 0 aliphatic rings. The molecule has 1 aromatic heterocycles. The molecule has 0 unspecified atom stereocenters. The van der Waals surface area contributed by atoms with Gasteiger partial charge in [-0.2, -0.15) is 0 Å². The highest BCUT2D eigenvalue weighted by atomic mass is 16.5. The molecular formula is C14H15NO. The van der Waals surface area contributed by atoms with Crippen LogP contribution in [0.1, 0.15) is 16.7 Å². The second-order valence-corrected chi connectivity index (χ2v) is 4.00. The third kappa shape index (κ3) is 2.22. The fourth-order valence-corrected chi connectivity index (χ4v) is 1.58. The Bertz CT molecular complexity index is 468. The lowest BCUT2D eigenvalue weighted by atomic mass is 10.1. The molecule has 0 aliphatic carbocycles. The highest BCUT2D eigenvalue weighted by molar-refractivity contribution is 5.41. The Morgan fingerprint density at radius 1 is 0.938 bits per heavy atom. The van der Waals surface area contributed by atoms with Gasteiger partial charge in [-0.05, 0) is 37.5 Å². The second-order valence-electron chi connectivity index (χ2n) is 4.00. The molecular weight excluding hydrogens is 198 g/mol. The standard InChI is InChI=1S/C14H15NO/c1-10-7-8-13(15-9-10)16-14-11(2)5-4-6-12(14)3/h4-9H,1-3H3. The summed E-state index contributed by atoms with van der Waals surface area (Å²) in [6, 6.07) is 9.99. The van der Waals surface area contributed by atoms with E-state index < -0.39 is 0 Å². The van der Waals surface area contributed by atoms with Crippen LogP contribution in [0.15, 0.2) is 36.5 Å². The summed E-state index contributed by atoms with van der Waals surface area (Å²) in [6.07, 6.45) is 1.81. The van der Waals surface area contributed by atoms with E-state index in [9.17, 15) is 0 Å². The number of rotatable bonds is 2. The summed E-state index contributed by atoms with van der Waals surface area (Å²) >= 11 is 0. The first-order chi connectivity index (χ1) is 7.66. The number of hydrogen-bond acceptors (Lipinski definition) is 2. The maximum absolute atomic E-state index is 5.78. The van der Waals surface area contributed by atoms with E-state index in [1.54, 1.807) is 0 Å². The van der Waals surface area contributed by atoms with Gasteiger partial charge in [-0.15, -0.1) is 0 Å². The number of para-hydroxylation sites is 1. The summed E-state index contributed by atoms with van der Waals surface area (Å²) in [4.78, 5) is 4.23. The van der Waals surface area contributed by atoms with E-state index in [0.29, 0.717) is 5.88 Å². The Balaban J connectivity index is 2.30. The van der Waals surface area contributed by atoms with Gasteiger partial charge in [-0.3, -0.25) is 0 Å². The predicted molar refractivity (Wildman–Crippen MR) is 65.0 cm³/mol. The number of pyridine rings is 1. The van der Waals surface area contributed by atoms with Crippen LogP contribution in [0.3, 0.4) is 0 Å². The van der Waals surface area contributed by atoms with Crippen molar-refractivity contribution in [3.63, 3.8) is 0 Å². The predicted octanol–water partition coefficient (Wildman–Crippen LogP) is 3.80. The van der Waals surface area contributed by atoms with Crippen LogP contribution < -0.4 is 4.74 Å². The van der Waals surface area contributed by atoms with Gasteiger partial charge in [0.25, 0.3) is 0 Å². The maximum Gasteiger partial charge on any atom is 0.219 e. The van der Waals surface area contributed by atoms with Gasteiger partial charge in [0.1, 0.15) is 5.75 Å². The van der Waals surface area contributed by atoms with Crippen LogP contribution in [0.25, 0.3) is 0 Å². The van der Waals surface area contributed by atoms with Gasteiger partial charge < -0.3 is 4.74 Å². The van der Waals surface area contributed by atoms with Gasteiger partial charge in [0.2, 0.25) is 5.88 Å². The second kappa shape index (κ2) is 4.35. The fraction of sp³-hybridized carbons (Fsp3) is 0.214. The SMILES string of the molecule is Cc1ccc(Oc2c(C)cccc2C)nc1. The minimum atomic E-state index is 0.642. The van der Waals surface area contributed by atoms with Gasteiger partial charge in [0.05, 0.1) is 0 Å². The molecule has 0 bridgehead atoms. The molecule has 2 rings (SSSR count). The van der Waals surface area contributed by atoms with Gasteiger partial charge in [0, 0.05) is 12.3 Å². The largest absolute Gasteiger partial charge is 0.438 e. The third-order valence-corrected chi connectivity index (χ3v) is 2.50. The molecule has 16 heavy (non-hydrogen) atoms. The Labute approximate surface area is 95.9 Å². The van der Waals surface area contributed by atoms with Crippen LogP contribution in [0.5, 0.6) is 11.6 Å². The molecule has 1 aromatic carbocycles. The summed E-state index contributed by atoms with van der Waals surface area (Å²) in [5.41, 5.74) is 3.39. The van der Waals surface area contributed by atoms with E-state index >= 15 is 0 Å². The number of hydrogen-bond donors (Lipinski definition) is 0. The van der Waals surface area contributed by atoms with Crippen LogP contribution in [0.4, 0.5) is 0 Å². The molecule has 0 fully saturated rings. The quantitative estimate of drug-likeness (QED) is 0.757. The molecule has 0 aliphatic heterocycles. The van der Waals surface area contributed by atoms with Gasteiger partial charge in [-0.25, -0.2) is 4.98 Å². The van der Waals surface area contributed by atoms with E-state index in [4.69, 9.17) is 4.74 Å². The lowest BCUT2D eigenvalue weighted by Crippen LogP contribution is -1.92. The van der Waals surface area contributed by atoms with Crippen molar-refractivity contribution in [2.75, 3.05) is 0 Å². The number of nitrogens with zero attached hydrogens (tertiary/aromatic N) is 1. The molecule has 0 radical (unpaired) electrons. The Hall–Kier alpha value is -1.83. The third-order valence-electron chi connectivity index (χ3n) is 2.50. The topological polar surface area (TPSA) is 22.1 Å². The number of benzene rings is 1. The van der Waals surface area contributed by atoms with Crippen LogP contribution in [-0.4, -0.2) is 4.98 Å². The van der Waals surface area contributed by atoms with Crippen molar-refractivity contribution in [1.82, 2.24) is 4.98 Å². The summed E-state index contributed by atoms with van der Waals surface area (Å²) in [5.74, 6) is 1.54. The Kier molecular flexibility index (Phi) is 2.91. The van der Waals surface area contributed by atoms with Crippen LogP contribution in [0.2, 0.25) is 0 Å². The molecule has 0 saturated carbocycles. The number of ether oxygens (including phenoxy) is 1. The Morgan fingerprint density at radius 3 is 2.19 bits per heavy atom. The number of aryl methyl sites for hydroxylation is 3. The van der Waals surface area contributed by atoms with Crippen molar-refractivity contribution in [3.8, 4) is 11.6 Å². The van der Waals surface area contributed by atoms with Crippen molar-refractivity contribution < 1.29 is 4.74 Å². The zero-order valence-corrected chi connectivity index (χ0v) is 9.82. The molecule has 0 atom stereocenters. The van der Waals surface area contributed by atoms with Crippen LogP contribution in [0, 0.1) is 20.8 Å². The van der Waals surface area contributed by atoms with Gasteiger partial charge in [-0.1, -0.05) is 24.3 Å². The maximum atomic E-state index is 5.78. The summed E-state index contributed by atoms with van der Waals surface area (Å²) < 4.78 is 5.78. The van der Waals surface area contributed by atoms with Gasteiger partial charge in [0.15, 0.2) is 0 Å². The van der Waals surface area contributed by atoms with E-state index in [-0.39, 0.29) is 0 Å². The molecule has 0 saturated heterocycles.